The summed E-state index contributed by atoms with van der Waals surface area (Å²) in [7, 11) is 1.25. The molecule has 0 aliphatic carbocycles. The van der Waals surface area contributed by atoms with E-state index in [2.05, 4.69) is 31.4 Å². The molecule has 19 heteroatoms. The number of nitrogens with zero attached hydrogens (tertiary/aromatic N) is 3. The van der Waals surface area contributed by atoms with Crippen molar-refractivity contribution in [3.05, 3.63) is 49.2 Å². The number of aromatic nitrogens is 1. The molecule has 42 heavy (non-hydrogen) atoms. The number of nitrogen functional groups attached to an aromatic ring is 1. The van der Waals surface area contributed by atoms with Gasteiger partial charge in [-0.25, -0.2) is 4.98 Å². The number of thioether (sulfide) groups is 2. The Kier molecular flexibility index (Phi) is 10.2. The zero-order chi connectivity index (χ0) is 29.6. The van der Waals surface area contributed by atoms with Crippen LogP contribution in [-0.2, 0) is 19.2 Å². The van der Waals surface area contributed by atoms with Gasteiger partial charge in [-0.1, -0.05) is 5.16 Å². The van der Waals surface area contributed by atoms with E-state index in [0.29, 0.717) is 14.5 Å². The van der Waals surface area contributed by atoms with E-state index in [1.54, 1.807) is 0 Å². The van der Waals surface area contributed by atoms with Crippen molar-refractivity contribution in [3.8, 4) is 11.5 Å². The van der Waals surface area contributed by atoms with Crippen molar-refractivity contribution in [2.45, 2.75) is 15.6 Å². The molecule has 1 saturated heterocycles. The molecule has 0 radical (unpaired) electrons. The van der Waals surface area contributed by atoms with Gasteiger partial charge in [0.05, 0.1) is 20.3 Å². The summed E-state index contributed by atoms with van der Waals surface area (Å²) in [4.78, 5) is 60.8. The minimum atomic E-state index is -1.55. The van der Waals surface area contributed by atoms with Gasteiger partial charge in [0.2, 0.25) is 5.43 Å². The molecule has 2 atom stereocenters. The molecule has 214 valence electrons. The molecule has 5 rings (SSSR count). The van der Waals surface area contributed by atoms with Crippen molar-refractivity contribution in [2.75, 3.05) is 24.3 Å². The number of halogens is 1. The number of phenolic OH excluding ortho intramolecular Hbond substituents is 2. The first-order valence-electron chi connectivity index (χ1n) is 11.3. The zero-order valence-corrected chi connectivity index (χ0v) is 28.4. The van der Waals surface area contributed by atoms with Gasteiger partial charge in [-0.2, -0.15) is 0 Å². The Hall–Kier alpha value is -2.32. The molecule has 3 aromatic rings. The standard InChI is InChI=1S/C23H18BrN5O8S4.Na/c1-37-28-14(9-6-40-23(25)26-9)18(33)27-15-19(34)29-16(21(35)36)7(4-38-20(15)29)5-39-22-13(24)17(32)8-2-10(30)11(31)3-12(8)41-22;/h2-3,6,15,20,30-31H,4-5H2,1H3,(H2,25,26)(H,27,33)(H,35,36);/q;+1/p-1/b28-14-;/t15-,20+;/m1./s1. The molecule has 0 unspecified atom stereocenters. The Bertz CT molecular complexity index is 1750. The molecule has 0 spiro atoms. The molecular weight excluding hydrogens is 705 g/mol. The fourth-order valence-corrected chi connectivity index (χ4v) is 9.19. The monoisotopic (exact) mass is 721 g/mol. The number of rotatable bonds is 8. The summed E-state index contributed by atoms with van der Waals surface area (Å²) in [6.45, 7) is 0. The number of amides is 2. The molecule has 2 aliphatic heterocycles. The van der Waals surface area contributed by atoms with Crippen LogP contribution in [0.4, 0.5) is 5.13 Å². The van der Waals surface area contributed by atoms with Gasteiger partial charge in [-0.05, 0) is 27.6 Å². The number of nitrogens with two attached hydrogens (primary N) is 1. The molecule has 2 aromatic heterocycles. The Balaban J connectivity index is 0.00000405. The number of carboxylic acids is 1. The number of aliphatic carboxylic acids is 1. The summed E-state index contributed by atoms with van der Waals surface area (Å²) in [5, 5.41) is 39.2. The Morgan fingerprint density at radius 3 is 2.69 bits per heavy atom. The quantitative estimate of drug-likeness (QED) is 0.0499. The van der Waals surface area contributed by atoms with Gasteiger partial charge in [-0.15, -0.1) is 46.2 Å². The number of nitrogens with one attached hydrogen (secondary N) is 1. The Morgan fingerprint density at radius 2 is 2.05 bits per heavy atom. The van der Waals surface area contributed by atoms with E-state index in [4.69, 9.17) is 10.6 Å². The van der Waals surface area contributed by atoms with E-state index in [9.17, 15) is 34.5 Å². The second-order valence-electron chi connectivity index (χ2n) is 8.45. The maximum absolute atomic E-state index is 13.1. The predicted molar refractivity (Wildman–Crippen MR) is 157 cm³/mol. The first-order valence-corrected chi connectivity index (χ1v) is 15.9. The number of hydrogen-bond acceptors (Lipinski definition) is 15. The summed E-state index contributed by atoms with van der Waals surface area (Å²) in [6, 6.07) is 1.43. The normalized spacial score (nSPS) is 18.3. The van der Waals surface area contributed by atoms with Crippen LogP contribution >= 0.6 is 62.1 Å². The van der Waals surface area contributed by atoms with E-state index in [1.807, 2.05) is 0 Å². The largest absolute Gasteiger partial charge is 1.00 e. The average Bonchev–Trinajstić information content (AvgIpc) is 3.37. The number of thiazole rings is 1. The van der Waals surface area contributed by atoms with Crippen molar-refractivity contribution in [2.24, 2.45) is 5.16 Å². The molecule has 13 nitrogen and oxygen atoms in total. The van der Waals surface area contributed by atoms with Crippen LogP contribution in [0.15, 0.2) is 47.4 Å². The van der Waals surface area contributed by atoms with Crippen molar-refractivity contribution >= 4 is 101 Å². The summed E-state index contributed by atoms with van der Waals surface area (Å²) >= 11 is 7.97. The van der Waals surface area contributed by atoms with Crippen LogP contribution in [0.2, 0.25) is 0 Å². The number of carbonyl (C=O) groups is 3. The predicted octanol–water partition coefficient (Wildman–Crippen LogP) is -1.98. The van der Waals surface area contributed by atoms with E-state index in [0.717, 1.165) is 16.2 Å². The number of hydrogen-bond donors (Lipinski definition) is 4. The van der Waals surface area contributed by atoms with Gasteiger partial charge in [0.25, 0.3) is 11.8 Å². The first-order chi connectivity index (χ1) is 19.5. The van der Waals surface area contributed by atoms with Gasteiger partial charge in [0, 0.05) is 33.0 Å². The Morgan fingerprint density at radius 1 is 1.33 bits per heavy atom. The summed E-state index contributed by atoms with van der Waals surface area (Å²) in [5.41, 5.74) is 5.31. The van der Waals surface area contributed by atoms with Crippen molar-refractivity contribution in [1.82, 2.24) is 15.2 Å². The maximum atomic E-state index is 13.1. The third-order valence-corrected chi connectivity index (χ3v) is 11.8. The molecule has 2 aliphatic rings. The SMILES string of the molecule is CO/N=C(\C(=O)N[C@@H]1C(=O)N2C(C(=O)[O-])=C(CSc3sc4cc(O)c(O)cc4c(=O)c3Br)CS[C@@H]12)c1csc(N)n1.[Na+]. The van der Waals surface area contributed by atoms with Crippen molar-refractivity contribution in [3.63, 3.8) is 0 Å². The molecule has 2 amide bonds. The summed E-state index contributed by atoms with van der Waals surface area (Å²) < 4.78 is 1.16. The molecular formula is C23H17BrN5NaO8S4. The number of aromatic hydroxyl groups is 2. The van der Waals surface area contributed by atoms with E-state index in [1.165, 1.54) is 59.5 Å². The third kappa shape index (κ3) is 6.03. The van der Waals surface area contributed by atoms with Crippen LogP contribution in [0.1, 0.15) is 5.69 Å². The number of β-lactam (4-membered cyclic amide) rings is 1. The van der Waals surface area contributed by atoms with Crippen LogP contribution in [-0.4, -0.2) is 73.6 Å². The molecule has 5 N–H and O–H groups in total. The van der Waals surface area contributed by atoms with Crippen LogP contribution in [0.3, 0.4) is 0 Å². The van der Waals surface area contributed by atoms with Crippen LogP contribution in [0, 0.1) is 0 Å². The average molecular weight is 723 g/mol. The number of benzene rings is 1. The second-order valence-corrected chi connectivity index (χ2v) is 13.5. The first kappa shape index (κ1) is 32.6. The van der Waals surface area contributed by atoms with Gasteiger partial charge in [0.1, 0.15) is 24.2 Å². The smallest absolute Gasteiger partial charge is 0.543 e. The fourth-order valence-electron chi connectivity index (χ4n) is 4.11. The van der Waals surface area contributed by atoms with Crippen LogP contribution in [0.5, 0.6) is 11.5 Å². The van der Waals surface area contributed by atoms with Gasteiger partial charge in [0.15, 0.2) is 22.3 Å². The van der Waals surface area contributed by atoms with Gasteiger partial charge in [-0.3, -0.25) is 19.3 Å². The minimum absolute atomic E-state index is 0. The number of carboxylic acid groups (broad SMARTS) is 1. The van der Waals surface area contributed by atoms with E-state index >= 15 is 0 Å². The molecule has 4 heterocycles. The molecule has 0 bridgehead atoms. The topological polar surface area (TPSA) is 208 Å². The van der Waals surface area contributed by atoms with E-state index < -0.39 is 40.4 Å². The summed E-state index contributed by atoms with van der Waals surface area (Å²) in [6.07, 6.45) is 0. The van der Waals surface area contributed by atoms with Gasteiger partial charge >= 0.3 is 29.6 Å². The summed E-state index contributed by atoms with van der Waals surface area (Å²) in [5.74, 6) is -3.40. The third-order valence-electron chi connectivity index (χ3n) is 5.97. The fraction of sp³-hybridized carbons (Fsp3) is 0.217. The number of anilines is 1. The van der Waals surface area contributed by atoms with Crippen molar-refractivity contribution in [1.29, 1.82) is 0 Å². The van der Waals surface area contributed by atoms with E-state index in [-0.39, 0.29) is 78.9 Å². The van der Waals surface area contributed by atoms with Crippen LogP contribution in [0.25, 0.3) is 10.1 Å². The second kappa shape index (κ2) is 13.1. The Labute approximate surface area is 283 Å². The number of fused-ring (bicyclic) bond motifs is 2. The number of phenols is 2. The van der Waals surface area contributed by atoms with Crippen LogP contribution < -0.4 is 51.1 Å². The maximum Gasteiger partial charge on any atom is 1.00 e. The zero-order valence-electron chi connectivity index (χ0n) is 21.6. The van der Waals surface area contributed by atoms with Crippen molar-refractivity contribution < 1.29 is 64.1 Å². The minimum Gasteiger partial charge on any atom is -0.543 e. The van der Waals surface area contributed by atoms with Gasteiger partial charge < -0.3 is 36.0 Å². The molecule has 1 fully saturated rings. The number of carbonyl (C=O) groups excluding carboxylic acids is 3. The number of oxime groups is 1. The molecule has 0 saturated carbocycles. The molecule has 1 aromatic carbocycles.